The summed E-state index contributed by atoms with van der Waals surface area (Å²) < 4.78 is 15.6. The number of aromatic nitrogens is 2. The number of hydrogen-bond acceptors (Lipinski definition) is 2. The van der Waals surface area contributed by atoms with Crippen molar-refractivity contribution < 1.29 is 4.39 Å². The topological polar surface area (TPSA) is 43.8 Å². The molecule has 116 valence electrons. The molecule has 3 nitrogen and oxygen atoms in total. The fraction of sp³-hybridized carbons (Fsp3) is 0.588. The number of imidazole rings is 1. The summed E-state index contributed by atoms with van der Waals surface area (Å²) in [4.78, 5) is 4.65. The quantitative estimate of drug-likeness (QED) is 0.872. The Balaban J connectivity index is 2.32. The molecule has 0 saturated heterocycles. The van der Waals surface area contributed by atoms with Gasteiger partial charge in [-0.3, -0.25) is 0 Å². The highest BCUT2D eigenvalue weighted by molar-refractivity contribution is 5.76. The highest BCUT2D eigenvalue weighted by Crippen LogP contribution is 2.28. The van der Waals surface area contributed by atoms with Gasteiger partial charge in [0.2, 0.25) is 0 Å². The summed E-state index contributed by atoms with van der Waals surface area (Å²) in [6, 6.07) is 5.16. The predicted molar refractivity (Wildman–Crippen MR) is 85.8 cm³/mol. The number of aryl methyl sites for hydroxylation is 1. The third-order valence-corrected chi connectivity index (χ3v) is 4.09. The van der Waals surface area contributed by atoms with E-state index in [1.54, 1.807) is 0 Å². The van der Waals surface area contributed by atoms with Crippen LogP contribution in [0.1, 0.15) is 52.4 Å². The van der Waals surface area contributed by atoms with E-state index in [1.165, 1.54) is 12.1 Å². The summed E-state index contributed by atoms with van der Waals surface area (Å²) in [5.74, 6) is 0.807. The van der Waals surface area contributed by atoms with E-state index in [4.69, 9.17) is 5.73 Å². The molecule has 0 radical (unpaired) electrons. The average Bonchev–Trinajstić information content (AvgIpc) is 2.74. The summed E-state index contributed by atoms with van der Waals surface area (Å²) in [7, 11) is 0. The maximum absolute atomic E-state index is 13.4. The van der Waals surface area contributed by atoms with Crippen molar-refractivity contribution in [1.29, 1.82) is 0 Å². The smallest absolute Gasteiger partial charge is 0.125 e. The average molecular weight is 291 g/mol. The first-order chi connectivity index (χ1) is 9.84. The minimum absolute atomic E-state index is 0.208. The molecule has 0 spiro atoms. The van der Waals surface area contributed by atoms with Crippen molar-refractivity contribution in [1.82, 2.24) is 9.55 Å². The zero-order chi connectivity index (χ0) is 15.6. The highest BCUT2D eigenvalue weighted by Gasteiger charge is 2.20. The second-order valence-corrected chi connectivity index (χ2v) is 6.83. The molecule has 0 fully saturated rings. The molecular formula is C17H26FN3. The van der Waals surface area contributed by atoms with E-state index < -0.39 is 0 Å². The second kappa shape index (κ2) is 6.14. The molecule has 2 aromatic rings. The summed E-state index contributed by atoms with van der Waals surface area (Å²) in [6.45, 7) is 9.46. The molecule has 0 aliphatic rings. The zero-order valence-corrected chi connectivity index (χ0v) is 13.5. The van der Waals surface area contributed by atoms with Crippen molar-refractivity contribution in [2.75, 3.05) is 6.54 Å². The molecule has 0 aliphatic heterocycles. The minimum Gasteiger partial charge on any atom is -0.330 e. The van der Waals surface area contributed by atoms with Gasteiger partial charge in [0.1, 0.15) is 11.6 Å². The first kappa shape index (κ1) is 16.0. The van der Waals surface area contributed by atoms with Gasteiger partial charge < -0.3 is 10.3 Å². The fourth-order valence-electron chi connectivity index (χ4n) is 2.84. The Kier molecular flexibility index (Phi) is 4.67. The van der Waals surface area contributed by atoms with Crippen LogP contribution in [0.5, 0.6) is 0 Å². The Morgan fingerprint density at radius 3 is 2.62 bits per heavy atom. The molecular weight excluding hydrogens is 265 g/mol. The van der Waals surface area contributed by atoms with Gasteiger partial charge in [-0.2, -0.15) is 0 Å². The normalized spacial score (nSPS) is 12.5. The Labute approximate surface area is 126 Å². The molecule has 1 aromatic heterocycles. The highest BCUT2D eigenvalue weighted by atomic mass is 19.1. The van der Waals surface area contributed by atoms with Crippen molar-refractivity contribution >= 4 is 11.0 Å². The van der Waals surface area contributed by atoms with Gasteiger partial charge in [0, 0.05) is 18.5 Å². The number of benzene rings is 1. The minimum atomic E-state index is -0.231. The first-order valence-electron chi connectivity index (χ1n) is 7.70. The van der Waals surface area contributed by atoms with E-state index in [9.17, 15) is 4.39 Å². The lowest BCUT2D eigenvalue weighted by Gasteiger charge is -2.24. The fourth-order valence-corrected chi connectivity index (χ4v) is 2.84. The Morgan fingerprint density at radius 2 is 2.00 bits per heavy atom. The van der Waals surface area contributed by atoms with Gasteiger partial charge in [-0.25, -0.2) is 9.37 Å². The van der Waals surface area contributed by atoms with Crippen molar-refractivity contribution in [2.24, 2.45) is 11.1 Å². The van der Waals surface area contributed by atoms with Crippen molar-refractivity contribution in [2.45, 2.75) is 53.0 Å². The van der Waals surface area contributed by atoms with Crippen LogP contribution in [0.15, 0.2) is 18.2 Å². The number of rotatable bonds is 6. The van der Waals surface area contributed by atoms with Crippen LogP contribution in [0.4, 0.5) is 4.39 Å². The molecule has 0 amide bonds. The summed E-state index contributed by atoms with van der Waals surface area (Å²) >= 11 is 0. The molecule has 2 rings (SSSR count). The van der Waals surface area contributed by atoms with Gasteiger partial charge in [0.15, 0.2) is 0 Å². The largest absolute Gasteiger partial charge is 0.330 e. The summed E-state index contributed by atoms with van der Waals surface area (Å²) in [5, 5.41) is 0. The lowest BCUT2D eigenvalue weighted by atomic mass is 9.84. The molecule has 1 aromatic carbocycles. The maximum atomic E-state index is 13.4. The molecule has 21 heavy (non-hydrogen) atoms. The molecule has 1 heterocycles. The number of hydrogen-bond donors (Lipinski definition) is 1. The van der Waals surface area contributed by atoms with Crippen LogP contribution in [0.25, 0.3) is 11.0 Å². The molecule has 0 unspecified atom stereocenters. The van der Waals surface area contributed by atoms with Crippen molar-refractivity contribution in [3.63, 3.8) is 0 Å². The van der Waals surface area contributed by atoms with Gasteiger partial charge in [-0.15, -0.1) is 0 Å². The molecule has 0 saturated carbocycles. The summed E-state index contributed by atoms with van der Waals surface area (Å²) in [6.07, 6.45) is 2.92. The van der Waals surface area contributed by atoms with Gasteiger partial charge in [-0.05, 0) is 50.8 Å². The standard InChI is InChI=1S/C17H26FN3/c1-12(2)21-15-6-5-13(18)11-14(15)20-16(21)7-8-17(3,4)9-10-19/h5-6,11-12H,7-10,19H2,1-4H3. The predicted octanol–water partition coefficient (Wildman–Crippen LogP) is 4.06. The first-order valence-corrected chi connectivity index (χ1v) is 7.70. The van der Waals surface area contributed by atoms with E-state index >= 15 is 0 Å². The SMILES string of the molecule is CC(C)n1c(CCC(C)(C)CCN)nc2cc(F)ccc21. The van der Waals surface area contributed by atoms with E-state index in [2.05, 4.69) is 37.2 Å². The third-order valence-electron chi connectivity index (χ3n) is 4.09. The molecule has 0 aliphatic carbocycles. The maximum Gasteiger partial charge on any atom is 0.125 e. The van der Waals surface area contributed by atoms with E-state index in [1.807, 2.05) is 6.07 Å². The Hall–Kier alpha value is -1.42. The number of nitrogens with zero attached hydrogens (tertiary/aromatic N) is 2. The van der Waals surface area contributed by atoms with Crippen LogP contribution in [0.2, 0.25) is 0 Å². The van der Waals surface area contributed by atoms with Gasteiger partial charge >= 0.3 is 0 Å². The van der Waals surface area contributed by atoms with Crippen molar-refractivity contribution in [3.05, 3.63) is 29.8 Å². The van der Waals surface area contributed by atoms with Crippen LogP contribution in [0.3, 0.4) is 0 Å². The Bertz CT molecular complexity index is 614. The molecule has 2 N–H and O–H groups in total. The van der Waals surface area contributed by atoms with Crippen molar-refractivity contribution in [3.8, 4) is 0 Å². The number of nitrogens with two attached hydrogens (primary N) is 1. The summed E-state index contributed by atoms with van der Waals surface area (Å²) in [5.41, 5.74) is 7.64. The van der Waals surface area contributed by atoms with Crippen LogP contribution in [0, 0.1) is 11.2 Å². The van der Waals surface area contributed by atoms with Gasteiger partial charge in [0.25, 0.3) is 0 Å². The van der Waals surface area contributed by atoms with Crippen LogP contribution < -0.4 is 5.73 Å². The molecule has 0 bridgehead atoms. The Morgan fingerprint density at radius 1 is 1.29 bits per heavy atom. The lowest BCUT2D eigenvalue weighted by molar-refractivity contribution is 0.308. The van der Waals surface area contributed by atoms with Crippen LogP contribution in [-0.4, -0.2) is 16.1 Å². The zero-order valence-electron chi connectivity index (χ0n) is 13.5. The van der Waals surface area contributed by atoms with E-state index in [0.717, 1.165) is 36.1 Å². The monoisotopic (exact) mass is 291 g/mol. The van der Waals surface area contributed by atoms with Gasteiger partial charge in [0.05, 0.1) is 11.0 Å². The van der Waals surface area contributed by atoms with E-state index in [-0.39, 0.29) is 11.2 Å². The molecule has 4 heteroatoms. The second-order valence-electron chi connectivity index (χ2n) is 6.83. The van der Waals surface area contributed by atoms with Crippen LogP contribution in [-0.2, 0) is 6.42 Å². The third kappa shape index (κ3) is 3.62. The molecule has 0 atom stereocenters. The van der Waals surface area contributed by atoms with Crippen LogP contribution >= 0.6 is 0 Å². The number of fused-ring (bicyclic) bond motifs is 1. The lowest BCUT2D eigenvalue weighted by Crippen LogP contribution is -2.19. The van der Waals surface area contributed by atoms with Gasteiger partial charge in [-0.1, -0.05) is 13.8 Å². The number of halogens is 1. The van der Waals surface area contributed by atoms with E-state index in [0.29, 0.717) is 12.6 Å².